The van der Waals surface area contributed by atoms with E-state index in [0.717, 1.165) is 30.5 Å². The number of rotatable bonds is 3. The average molecular weight is 262 g/mol. The maximum atomic E-state index is 14.1. The quantitative estimate of drug-likeness (QED) is 0.905. The molecule has 1 aromatic rings. The molecule has 102 valence electrons. The smallest absolute Gasteiger partial charge is 0.228 e. The predicted octanol–water partition coefficient (Wildman–Crippen LogP) is 2.20. The van der Waals surface area contributed by atoms with Crippen LogP contribution in [0.25, 0.3) is 0 Å². The number of amides is 1. The molecule has 0 bridgehead atoms. The average Bonchev–Trinajstić information content (AvgIpc) is 2.73. The molecule has 4 heteroatoms. The molecule has 1 fully saturated rings. The molecule has 1 spiro atoms. The Kier molecular flexibility index (Phi) is 3.05. The molecule has 1 N–H and O–H groups in total. The van der Waals surface area contributed by atoms with Gasteiger partial charge in [-0.15, -0.1) is 0 Å². The van der Waals surface area contributed by atoms with Crippen LogP contribution in [0, 0.1) is 5.82 Å². The van der Waals surface area contributed by atoms with E-state index in [1.807, 2.05) is 13.1 Å². The van der Waals surface area contributed by atoms with E-state index in [1.54, 1.807) is 11.0 Å². The Hall–Kier alpha value is -1.42. The SMILES string of the molecule is CNCCC(=O)N1CC2(CCC2)c2c(F)cccc21. The summed E-state index contributed by atoms with van der Waals surface area (Å²) in [4.78, 5) is 14.1. The van der Waals surface area contributed by atoms with Crippen LogP contribution in [0.4, 0.5) is 10.1 Å². The van der Waals surface area contributed by atoms with Gasteiger partial charge in [-0.05, 0) is 32.0 Å². The molecule has 1 amide bonds. The van der Waals surface area contributed by atoms with E-state index in [2.05, 4.69) is 5.32 Å². The summed E-state index contributed by atoms with van der Waals surface area (Å²) >= 11 is 0. The highest BCUT2D eigenvalue weighted by Crippen LogP contribution is 2.53. The van der Waals surface area contributed by atoms with Gasteiger partial charge in [0.2, 0.25) is 5.91 Å². The minimum atomic E-state index is -0.152. The lowest BCUT2D eigenvalue weighted by Gasteiger charge is -2.39. The first kappa shape index (κ1) is 12.6. The van der Waals surface area contributed by atoms with Crippen LogP contribution in [0.15, 0.2) is 18.2 Å². The Morgan fingerprint density at radius 3 is 2.89 bits per heavy atom. The summed E-state index contributed by atoms with van der Waals surface area (Å²) in [6.45, 7) is 1.32. The highest BCUT2D eigenvalue weighted by molar-refractivity contribution is 5.96. The van der Waals surface area contributed by atoms with Crippen molar-refractivity contribution in [1.82, 2.24) is 5.32 Å². The summed E-state index contributed by atoms with van der Waals surface area (Å²) in [7, 11) is 1.83. The van der Waals surface area contributed by atoms with E-state index >= 15 is 0 Å². The van der Waals surface area contributed by atoms with Crippen LogP contribution in [0.5, 0.6) is 0 Å². The summed E-state index contributed by atoms with van der Waals surface area (Å²) in [5.74, 6) is -0.0638. The number of nitrogens with one attached hydrogen (secondary N) is 1. The van der Waals surface area contributed by atoms with Crippen LogP contribution in [0.2, 0.25) is 0 Å². The molecule has 3 nitrogen and oxygen atoms in total. The monoisotopic (exact) mass is 262 g/mol. The Morgan fingerprint density at radius 1 is 1.47 bits per heavy atom. The fourth-order valence-corrected chi connectivity index (χ4v) is 3.33. The first-order valence-corrected chi connectivity index (χ1v) is 6.92. The predicted molar refractivity (Wildman–Crippen MR) is 72.8 cm³/mol. The summed E-state index contributed by atoms with van der Waals surface area (Å²) in [6, 6.07) is 5.09. The van der Waals surface area contributed by atoms with Crippen LogP contribution < -0.4 is 10.2 Å². The molecule has 1 aliphatic carbocycles. The van der Waals surface area contributed by atoms with Gasteiger partial charge in [-0.2, -0.15) is 0 Å². The molecule has 0 aromatic heterocycles. The van der Waals surface area contributed by atoms with Crippen LogP contribution in [0.3, 0.4) is 0 Å². The molecule has 0 unspecified atom stereocenters. The van der Waals surface area contributed by atoms with Crippen LogP contribution in [0.1, 0.15) is 31.2 Å². The third-order valence-electron chi connectivity index (χ3n) is 4.47. The zero-order valence-electron chi connectivity index (χ0n) is 11.2. The Bertz CT molecular complexity index is 511. The van der Waals surface area contributed by atoms with Crippen molar-refractivity contribution in [2.45, 2.75) is 31.1 Å². The molecule has 19 heavy (non-hydrogen) atoms. The van der Waals surface area contributed by atoms with Gasteiger partial charge in [-0.25, -0.2) is 4.39 Å². The summed E-state index contributed by atoms with van der Waals surface area (Å²) in [6.07, 6.45) is 3.59. The van der Waals surface area contributed by atoms with Crippen molar-refractivity contribution in [1.29, 1.82) is 0 Å². The molecule has 1 heterocycles. The largest absolute Gasteiger partial charge is 0.319 e. The molecule has 1 aliphatic heterocycles. The van der Waals surface area contributed by atoms with E-state index < -0.39 is 0 Å². The third kappa shape index (κ3) is 1.86. The Balaban J connectivity index is 1.94. The Morgan fingerprint density at radius 2 is 2.26 bits per heavy atom. The number of anilines is 1. The third-order valence-corrected chi connectivity index (χ3v) is 4.47. The fourth-order valence-electron chi connectivity index (χ4n) is 3.33. The second kappa shape index (κ2) is 4.60. The van der Waals surface area contributed by atoms with Crippen LogP contribution in [-0.2, 0) is 10.2 Å². The molecular formula is C15H19FN2O. The normalized spacial score (nSPS) is 19.4. The van der Waals surface area contributed by atoms with Crippen molar-refractivity contribution >= 4 is 11.6 Å². The summed E-state index contributed by atoms with van der Waals surface area (Å²) in [5, 5.41) is 2.98. The van der Waals surface area contributed by atoms with E-state index in [0.29, 0.717) is 19.5 Å². The molecular weight excluding hydrogens is 243 g/mol. The molecule has 0 saturated heterocycles. The van der Waals surface area contributed by atoms with Gasteiger partial charge in [0.15, 0.2) is 0 Å². The van der Waals surface area contributed by atoms with Gasteiger partial charge in [0.05, 0.1) is 5.69 Å². The topological polar surface area (TPSA) is 32.3 Å². The van der Waals surface area contributed by atoms with Gasteiger partial charge in [0.1, 0.15) is 5.82 Å². The number of halogens is 1. The molecule has 0 radical (unpaired) electrons. The Labute approximate surface area is 112 Å². The zero-order chi connectivity index (χ0) is 13.5. The fraction of sp³-hybridized carbons (Fsp3) is 0.533. The zero-order valence-corrected chi connectivity index (χ0v) is 11.2. The van der Waals surface area contributed by atoms with Crippen molar-refractivity contribution in [3.63, 3.8) is 0 Å². The van der Waals surface area contributed by atoms with Crippen LogP contribution in [-0.4, -0.2) is 26.0 Å². The van der Waals surface area contributed by atoms with Gasteiger partial charge in [-0.3, -0.25) is 4.79 Å². The number of hydrogen-bond acceptors (Lipinski definition) is 2. The van der Waals surface area contributed by atoms with Gasteiger partial charge in [-0.1, -0.05) is 12.5 Å². The summed E-state index contributed by atoms with van der Waals surface area (Å²) < 4.78 is 14.1. The number of nitrogens with zero attached hydrogens (tertiary/aromatic N) is 1. The molecule has 3 rings (SSSR count). The van der Waals surface area contributed by atoms with Crippen molar-refractivity contribution < 1.29 is 9.18 Å². The van der Waals surface area contributed by atoms with Crippen molar-refractivity contribution in [3.8, 4) is 0 Å². The van der Waals surface area contributed by atoms with E-state index in [1.165, 1.54) is 6.07 Å². The number of carbonyl (C=O) groups is 1. The van der Waals surface area contributed by atoms with Gasteiger partial charge in [0.25, 0.3) is 0 Å². The highest BCUT2D eigenvalue weighted by Gasteiger charge is 2.49. The molecule has 1 aromatic carbocycles. The second-order valence-electron chi connectivity index (χ2n) is 5.60. The van der Waals surface area contributed by atoms with E-state index in [9.17, 15) is 9.18 Å². The van der Waals surface area contributed by atoms with Crippen molar-refractivity contribution in [3.05, 3.63) is 29.6 Å². The number of fused-ring (bicyclic) bond motifs is 2. The first-order valence-electron chi connectivity index (χ1n) is 6.92. The minimum absolute atomic E-state index is 0.0879. The van der Waals surface area contributed by atoms with E-state index in [4.69, 9.17) is 0 Å². The van der Waals surface area contributed by atoms with Crippen LogP contribution >= 0.6 is 0 Å². The lowest BCUT2D eigenvalue weighted by atomic mass is 9.65. The summed E-state index contributed by atoms with van der Waals surface area (Å²) in [5.41, 5.74) is 1.47. The number of hydrogen-bond donors (Lipinski definition) is 1. The van der Waals surface area contributed by atoms with Crippen molar-refractivity contribution in [2.75, 3.05) is 25.0 Å². The highest BCUT2D eigenvalue weighted by atomic mass is 19.1. The maximum absolute atomic E-state index is 14.1. The molecule has 1 saturated carbocycles. The standard InChI is InChI=1S/C15H19FN2O/c1-17-9-6-13(19)18-10-15(7-3-8-15)14-11(16)4-2-5-12(14)18/h2,4-5,17H,3,6-10H2,1H3. The first-order chi connectivity index (χ1) is 9.18. The maximum Gasteiger partial charge on any atom is 0.228 e. The second-order valence-corrected chi connectivity index (χ2v) is 5.60. The van der Waals surface area contributed by atoms with Crippen molar-refractivity contribution in [2.24, 2.45) is 0 Å². The van der Waals surface area contributed by atoms with E-state index in [-0.39, 0.29) is 17.1 Å². The molecule has 0 atom stereocenters. The number of benzene rings is 1. The lowest BCUT2D eigenvalue weighted by Crippen LogP contribution is -2.42. The van der Waals surface area contributed by atoms with Gasteiger partial charge >= 0.3 is 0 Å². The lowest BCUT2D eigenvalue weighted by molar-refractivity contribution is -0.118. The van der Waals surface area contributed by atoms with Gasteiger partial charge < -0.3 is 10.2 Å². The minimum Gasteiger partial charge on any atom is -0.319 e. The van der Waals surface area contributed by atoms with Gasteiger partial charge in [0, 0.05) is 30.5 Å². The molecule has 2 aliphatic rings. The number of carbonyl (C=O) groups excluding carboxylic acids is 1.